The Hall–Kier alpha value is -2.57. The number of anilines is 1. The summed E-state index contributed by atoms with van der Waals surface area (Å²) in [4.78, 5) is 34.5. The number of benzene rings is 1. The highest BCUT2D eigenvalue weighted by atomic mass is 16.5. The monoisotopic (exact) mass is 320 g/mol. The lowest BCUT2D eigenvalue weighted by atomic mass is 9.73. The molecule has 1 fully saturated rings. The van der Waals surface area contributed by atoms with Gasteiger partial charge in [-0.05, 0) is 44.0 Å². The molecule has 1 saturated carbocycles. The third kappa shape index (κ3) is 4.45. The Labute approximate surface area is 134 Å². The standard InChI is InChI=1S/C16H20N2O5/c1-2-23-11-5-3-10(4-6-11)18-14(19)9-17-15(20)12-7-8-13(12)16(21)22/h3-6,12-13H,2,7-9H2,1H3,(H,17,20)(H,18,19)(H,21,22). The summed E-state index contributed by atoms with van der Waals surface area (Å²) in [6.45, 7) is 2.26. The summed E-state index contributed by atoms with van der Waals surface area (Å²) in [5.41, 5.74) is 0.597. The zero-order valence-corrected chi connectivity index (χ0v) is 12.9. The lowest BCUT2D eigenvalue weighted by Crippen LogP contribution is -2.45. The molecule has 124 valence electrons. The van der Waals surface area contributed by atoms with Gasteiger partial charge < -0.3 is 20.5 Å². The minimum Gasteiger partial charge on any atom is -0.494 e. The molecule has 2 rings (SSSR count). The van der Waals surface area contributed by atoms with Gasteiger partial charge in [0.15, 0.2) is 0 Å². The van der Waals surface area contributed by atoms with Gasteiger partial charge in [0.05, 0.1) is 25.0 Å². The van der Waals surface area contributed by atoms with E-state index >= 15 is 0 Å². The quantitative estimate of drug-likeness (QED) is 0.701. The van der Waals surface area contributed by atoms with E-state index in [0.717, 1.165) is 0 Å². The Morgan fingerprint density at radius 3 is 2.35 bits per heavy atom. The highest BCUT2D eigenvalue weighted by molar-refractivity contribution is 5.95. The molecule has 3 N–H and O–H groups in total. The number of hydrogen-bond donors (Lipinski definition) is 3. The summed E-state index contributed by atoms with van der Waals surface area (Å²) in [7, 11) is 0. The van der Waals surface area contributed by atoms with Gasteiger partial charge in [0, 0.05) is 5.69 Å². The predicted octanol–water partition coefficient (Wildman–Crippen LogP) is 1.25. The molecule has 2 amide bonds. The summed E-state index contributed by atoms with van der Waals surface area (Å²) in [5.74, 6) is -2.17. The van der Waals surface area contributed by atoms with E-state index in [1.165, 1.54) is 0 Å². The number of amides is 2. The third-order valence-corrected chi connectivity index (χ3v) is 3.80. The fraction of sp³-hybridized carbons (Fsp3) is 0.438. The molecule has 2 atom stereocenters. The van der Waals surface area contributed by atoms with Crippen molar-refractivity contribution in [2.45, 2.75) is 19.8 Å². The number of hydrogen-bond acceptors (Lipinski definition) is 4. The van der Waals surface area contributed by atoms with Gasteiger partial charge in [0.1, 0.15) is 5.75 Å². The first-order valence-corrected chi connectivity index (χ1v) is 7.54. The van der Waals surface area contributed by atoms with Crippen molar-refractivity contribution in [1.82, 2.24) is 5.32 Å². The SMILES string of the molecule is CCOc1ccc(NC(=O)CNC(=O)C2CCC2C(=O)O)cc1. The maximum atomic E-state index is 11.8. The van der Waals surface area contributed by atoms with Crippen LogP contribution in [0.25, 0.3) is 0 Å². The Morgan fingerprint density at radius 2 is 1.83 bits per heavy atom. The number of carbonyl (C=O) groups excluding carboxylic acids is 2. The molecule has 0 saturated heterocycles. The second kappa shape index (κ2) is 7.62. The van der Waals surface area contributed by atoms with E-state index in [-0.39, 0.29) is 18.4 Å². The predicted molar refractivity (Wildman–Crippen MR) is 83.1 cm³/mol. The van der Waals surface area contributed by atoms with Crippen molar-refractivity contribution in [1.29, 1.82) is 0 Å². The van der Waals surface area contributed by atoms with Gasteiger partial charge in [-0.25, -0.2) is 0 Å². The minimum absolute atomic E-state index is 0.186. The van der Waals surface area contributed by atoms with Crippen LogP contribution >= 0.6 is 0 Å². The molecule has 1 aromatic carbocycles. The number of carbonyl (C=O) groups is 3. The lowest BCUT2D eigenvalue weighted by Gasteiger charge is -2.31. The number of nitrogens with one attached hydrogen (secondary N) is 2. The van der Waals surface area contributed by atoms with Crippen LogP contribution in [0.5, 0.6) is 5.75 Å². The second-order valence-electron chi connectivity index (χ2n) is 5.35. The highest BCUT2D eigenvalue weighted by Gasteiger charge is 2.41. The van der Waals surface area contributed by atoms with Gasteiger partial charge in [-0.3, -0.25) is 14.4 Å². The van der Waals surface area contributed by atoms with Gasteiger partial charge in [0.2, 0.25) is 11.8 Å². The summed E-state index contributed by atoms with van der Waals surface area (Å²) in [5, 5.41) is 14.0. The fourth-order valence-corrected chi connectivity index (χ4v) is 2.41. The lowest BCUT2D eigenvalue weighted by molar-refractivity contribution is -0.152. The third-order valence-electron chi connectivity index (χ3n) is 3.80. The van der Waals surface area contributed by atoms with E-state index in [1.54, 1.807) is 24.3 Å². The molecule has 0 heterocycles. The molecule has 1 aromatic rings. The molecule has 1 aliphatic carbocycles. The van der Waals surface area contributed by atoms with Crippen LogP contribution in [0.4, 0.5) is 5.69 Å². The van der Waals surface area contributed by atoms with Gasteiger partial charge in [-0.1, -0.05) is 0 Å². The Kier molecular flexibility index (Phi) is 5.56. The summed E-state index contributed by atoms with van der Waals surface area (Å²) in [6, 6.07) is 6.89. The smallest absolute Gasteiger partial charge is 0.307 e. The van der Waals surface area contributed by atoms with Gasteiger partial charge in [-0.2, -0.15) is 0 Å². The second-order valence-corrected chi connectivity index (χ2v) is 5.35. The van der Waals surface area contributed by atoms with E-state index in [9.17, 15) is 14.4 Å². The van der Waals surface area contributed by atoms with Gasteiger partial charge in [0.25, 0.3) is 0 Å². The molecule has 7 heteroatoms. The molecule has 0 aromatic heterocycles. The van der Waals surface area contributed by atoms with Crippen molar-refractivity contribution in [2.24, 2.45) is 11.8 Å². The first-order valence-electron chi connectivity index (χ1n) is 7.54. The Morgan fingerprint density at radius 1 is 1.17 bits per heavy atom. The number of aliphatic carboxylic acids is 1. The molecule has 2 unspecified atom stereocenters. The van der Waals surface area contributed by atoms with E-state index in [0.29, 0.717) is 30.9 Å². The molecule has 23 heavy (non-hydrogen) atoms. The largest absolute Gasteiger partial charge is 0.494 e. The number of rotatable bonds is 7. The van der Waals surface area contributed by atoms with Gasteiger partial charge >= 0.3 is 5.97 Å². The molecule has 0 spiro atoms. The minimum atomic E-state index is -0.963. The molecule has 0 bridgehead atoms. The average Bonchev–Trinajstić information content (AvgIpc) is 2.46. The first-order chi connectivity index (χ1) is 11.0. The van der Waals surface area contributed by atoms with Crippen molar-refractivity contribution in [2.75, 3.05) is 18.5 Å². The Bertz CT molecular complexity index is 585. The van der Waals surface area contributed by atoms with E-state index < -0.39 is 17.8 Å². The zero-order valence-electron chi connectivity index (χ0n) is 12.9. The molecule has 1 aliphatic rings. The van der Waals surface area contributed by atoms with Crippen molar-refractivity contribution >= 4 is 23.5 Å². The van der Waals surface area contributed by atoms with Crippen LogP contribution in [0.1, 0.15) is 19.8 Å². The average molecular weight is 320 g/mol. The maximum absolute atomic E-state index is 11.8. The highest BCUT2D eigenvalue weighted by Crippen LogP contribution is 2.34. The summed E-state index contributed by atoms with van der Waals surface area (Å²) >= 11 is 0. The van der Waals surface area contributed by atoms with Crippen LogP contribution < -0.4 is 15.4 Å². The molecular weight excluding hydrogens is 300 g/mol. The number of ether oxygens (including phenoxy) is 1. The molecule has 0 aliphatic heterocycles. The normalized spacial score (nSPS) is 19.3. The van der Waals surface area contributed by atoms with E-state index in [4.69, 9.17) is 9.84 Å². The molecule has 0 radical (unpaired) electrons. The summed E-state index contributed by atoms with van der Waals surface area (Å²) < 4.78 is 5.30. The molecular formula is C16H20N2O5. The number of carboxylic acid groups (broad SMARTS) is 1. The maximum Gasteiger partial charge on any atom is 0.307 e. The van der Waals surface area contributed by atoms with Crippen molar-refractivity contribution in [3.63, 3.8) is 0 Å². The Balaban J connectivity index is 1.76. The van der Waals surface area contributed by atoms with Crippen molar-refractivity contribution in [3.05, 3.63) is 24.3 Å². The van der Waals surface area contributed by atoms with Crippen LogP contribution in [0.3, 0.4) is 0 Å². The van der Waals surface area contributed by atoms with Crippen LogP contribution in [0, 0.1) is 11.8 Å². The van der Waals surface area contributed by atoms with Crippen LogP contribution in [-0.4, -0.2) is 36.0 Å². The van der Waals surface area contributed by atoms with Crippen molar-refractivity contribution < 1.29 is 24.2 Å². The van der Waals surface area contributed by atoms with E-state index in [1.807, 2.05) is 6.92 Å². The summed E-state index contributed by atoms with van der Waals surface area (Å²) in [6.07, 6.45) is 1.05. The van der Waals surface area contributed by atoms with E-state index in [2.05, 4.69) is 10.6 Å². The molecule has 7 nitrogen and oxygen atoms in total. The first kappa shape index (κ1) is 16.8. The fourth-order valence-electron chi connectivity index (χ4n) is 2.41. The van der Waals surface area contributed by atoms with Crippen molar-refractivity contribution in [3.8, 4) is 5.75 Å². The van der Waals surface area contributed by atoms with Crippen LogP contribution in [-0.2, 0) is 14.4 Å². The number of carboxylic acids is 1. The topological polar surface area (TPSA) is 105 Å². The van der Waals surface area contributed by atoms with Gasteiger partial charge in [-0.15, -0.1) is 0 Å². The van der Waals surface area contributed by atoms with Crippen LogP contribution in [0.15, 0.2) is 24.3 Å². The zero-order chi connectivity index (χ0) is 16.8. The van der Waals surface area contributed by atoms with Crippen LogP contribution in [0.2, 0.25) is 0 Å².